The highest BCUT2D eigenvalue weighted by Gasteiger charge is 2.40. The van der Waals surface area contributed by atoms with Crippen LogP contribution >= 0.6 is 0 Å². The minimum atomic E-state index is -0.577. The highest BCUT2D eigenvalue weighted by atomic mass is 16.6. The summed E-state index contributed by atoms with van der Waals surface area (Å²) in [6, 6.07) is 9.28. The number of carbonyl (C=O) groups is 2. The van der Waals surface area contributed by atoms with E-state index in [4.69, 9.17) is 9.47 Å². The number of nitro benzene ring substituents is 1. The molecule has 2 amide bonds. The predicted octanol–water partition coefficient (Wildman–Crippen LogP) is 3.00. The predicted molar refractivity (Wildman–Crippen MR) is 107 cm³/mol. The summed E-state index contributed by atoms with van der Waals surface area (Å²) in [5, 5.41) is 11.0. The zero-order valence-corrected chi connectivity index (χ0v) is 16.7. The van der Waals surface area contributed by atoms with Crippen molar-refractivity contribution in [3.63, 3.8) is 0 Å². The number of carbonyl (C=O) groups excluding carboxylic acids is 2. The number of fused-ring (bicyclic) bond motifs is 1. The monoisotopic (exact) mass is 411 g/mol. The summed E-state index contributed by atoms with van der Waals surface area (Å²) in [6.07, 6.45) is 1.75. The average molecular weight is 411 g/mol. The molecule has 1 saturated heterocycles. The molecule has 0 spiro atoms. The van der Waals surface area contributed by atoms with Crippen LogP contribution in [-0.2, 0) is 0 Å². The van der Waals surface area contributed by atoms with Gasteiger partial charge in [-0.05, 0) is 37.1 Å². The molecule has 0 aliphatic carbocycles. The molecule has 1 fully saturated rings. The number of ether oxygens (including phenoxy) is 2. The maximum Gasteiger partial charge on any atom is 0.270 e. The van der Waals surface area contributed by atoms with E-state index < -0.39 is 16.7 Å². The van der Waals surface area contributed by atoms with Crippen molar-refractivity contribution in [2.75, 3.05) is 27.4 Å². The van der Waals surface area contributed by atoms with Crippen LogP contribution < -0.4 is 9.47 Å². The first-order chi connectivity index (χ1) is 14.4. The minimum Gasteiger partial charge on any atom is -0.497 e. The van der Waals surface area contributed by atoms with Crippen LogP contribution in [0.3, 0.4) is 0 Å². The van der Waals surface area contributed by atoms with Crippen molar-refractivity contribution in [1.29, 1.82) is 0 Å². The maximum atomic E-state index is 12.8. The second-order valence-electron chi connectivity index (χ2n) is 7.25. The normalized spacial score (nSPS) is 18.6. The van der Waals surface area contributed by atoms with Gasteiger partial charge in [0, 0.05) is 30.3 Å². The van der Waals surface area contributed by atoms with Gasteiger partial charge < -0.3 is 9.47 Å². The Bertz CT molecular complexity index is 1040. The van der Waals surface area contributed by atoms with Gasteiger partial charge in [0.1, 0.15) is 11.5 Å². The number of rotatable bonds is 6. The SMILES string of the molecule is COc1ccc(OC)c([C@H]2CCCN2CN2C(=O)c3ccc([N+](=O)[O-])cc3C2=O)c1. The Morgan fingerprint density at radius 2 is 1.83 bits per heavy atom. The van der Waals surface area contributed by atoms with Gasteiger partial charge in [0.05, 0.1) is 36.9 Å². The second-order valence-corrected chi connectivity index (χ2v) is 7.25. The van der Waals surface area contributed by atoms with Crippen LogP contribution in [0.2, 0.25) is 0 Å². The topological polar surface area (TPSA) is 102 Å². The zero-order valence-electron chi connectivity index (χ0n) is 16.7. The van der Waals surface area contributed by atoms with Gasteiger partial charge in [-0.15, -0.1) is 0 Å². The number of hydrogen-bond acceptors (Lipinski definition) is 7. The highest BCUT2D eigenvalue weighted by Crippen LogP contribution is 2.39. The number of amides is 2. The van der Waals surface area contributed by atoms with Gasteiger partial charge in [-0.1, -0.05) is 0 Å². The fourth-order valence-corrected chi connectivity index (χ4v) is 4.15. The minimum absolute atomic E-state index is 0.0475. The number of benzene rings is 2. The lowest BCUT2D eigenvalue weighted by Gasteiger charge is -2.29. The Kier molecular flexibility index (Phi) is 5.13. The Hall–Kier alpha value is -3.46. The van der Waals surface area contributed by atoms with E-state index in [-0.39, 0.29) is 29.5 Å². The van der Waals surface area contributed by atoms with E-state index in [2.05, 4.69) is 0 Å². The third kappa shape index (κ3) is 3.26. The molecular weight excluding hydrogens is 390 g/mol. The molecule has 156 valence electrons. The van der Waals surface area contributed by atoms with Crippen molar-refractivity contribution in [2.24, 2.45) is 0 Å². The maximum absolute atomic E-state index is 12.8. The summed E-state index contributed by atoms with van der Waals surface area (Å²) in [4.78, 5) is 39.3. The lowest BCUT2D eigenvalue weighted by Crippen LogP contribution is -2.41. The van der Waals surface area contributed by atoms with Crippen LogP contribution in [0.5, 0.6) is 11.5 Å². The Labute approximate surface area is 172 Å². The van der Waals surface area contributed by atoms with E-state index in [1.54, 1.807) is 14.2 Å². The first-order valence-electron chi connectivity index (χ1n) is 9.55. The number of non-ortho nitro benzene ring substituents is 1. The van der Waals surface area contributed by atoms with Gasteiger partial charge in [0.2, 0.25) is 0 Å². The van der Waals surface area contributed by atoms with Crippen molar-refractivity contribution in [3.8, 4) is 11.5 Å². The number of imide groups is 1. The van der Waals surface area contributed by atoms with Gasteiger partial charge >= 0.3 is 0 Å². The van der Waals surface area contributed by atoms with Gasteiger partial charge in [0.25, 0.3) is 17.5 Å². The summed E-state index contributed by atoms with van der Waals surface area (Å²) in [5.41, 5.74) is 0.989. The number of likely N-dealkylation sites (tertiary alicyclic amines) is 1. The van der Waals surface area contributed by atoms with Gasteiger partial charge in [-0.25, -0.2) is 0 Å². The standard InChI is InChI=1S/C21H21N3O6/c1-29-14-6-8-19(30-2)17(11-14)18-4-3-9-22(18)12-23-20(25)15-7-5-13(24(27)28)10-16(15)21(23)26/h5-8,10-11,18H,3-4,9,12H2,1-2H3/t18-/m1/s1. The van der Waals surface area contributed by atoms with E-state index in [1.807, 2.05) is 23.1 Å². The lowest BCUT2D eigenvalue weighted by atomic mass is 10.0. The van der Waals surface area contributed by atoms with E-state index in [1.165, 1.54) is 18.2 Å². The van der Waals surface area contributed by atoms with E-state index >= 15 is 0 Å². The van der Waals surface area contributed by atoms with Crippen LogP contribution in [0, 0.1) is 10.1 Å². The molecule has 1 atom stereocenters. The van der Waals surface area contributed by atoms with E-state index in [0.29, 0.717) is 18.0 Å². The third-order valence-corrected chi connectivity index (χ3v) is 5.65. The Morgan fingerprint density at radius 1 is 1.07 bits per heavy atom. The van der Waals surface area contributed by atoms with Crippen LogP contribution in [0.15, 0.2) is 36.4 Å². The first kappa shape index (κ1) is 19.8. The molecule has 0 saturated carbocycles. The molecule has 0 N–H and O–H groups in total. The van der Waals surface area contributed by atoms with Crippen molar-refractivity contribution in [1.82, 2.24) is 9.80 Å². The highest BCUT2D eigenvalue weighted by molar-refractivity contribution is 6.21. The Morgan fingerprint density at radius 3 is 2.53 bits per heavy atom. The van der Waals surface area contributed by atoms with Gasteiger partial charge in [-0.2, -0.15) is 0 Å². The first-order valence-corrected chi connectivity index (χ1v) is 9.55. The van der Waals surface area contributed by atoms with Gasteiger partial charge in [-0.3, -0.25) is 29.5 Å². The summed E-state index contributed by atoms with van der Waals surface area (Å²) in [7, 11) is 3.19. The second kappa shape index (κ2) is 7.75. The van der Waals surface area contributed by atoms with E-state index in [0.717, 1.165) is 23.3 Å². The molecule has 2 aromatic rings. The van der Waals surface area contributed by atoms with Crippen molar-refractivity contribution in [2.45, 2.75) is 18.9 Å². The van der Waals surface area contributed by atoms with Crippen LogP contribution in [0.4, 0.5) is 5.69 Å². The zero-order chi connectivity index (χ0) is 21.4. The van der Waals surface area contributed by atoms with Crippen molar-refractivity contribution >= 4 is 17.5 Å². The molecule has 2 aliphatic rings. The summed E-state index contributed by atoms with van der Waals surface area (Å²) in [6.45, 7) is 0.809. The molecule has 9 heteroatoms. The smallest absolute Gasteiger partial charge is 0.270 e. The number of nitrogens with zero attached hydrogens (tertiary/aromatic N) is 3. The molecule has 0 unspecified atom stereocenters. The summed E-state index contributed by atoms with van der Waals surface area (Å²) in [5.74, 6) is 0.464. The lowest BCUT2D eigenvalue weighted by molar-refractivity contribution is -0.384. The number of nitro groups is 1. The van der Waals surface area contributed by atoms with Crippen LogP contribution in [0.1, 0.15) is 45.2 Å². The molecule has 2 aliphatic heterocycles. The molecule has 9 nitrogen and oxygen atoms in total. The fourth-order valence-electron chi connectivity index (χ4n) is 4.15. The van der Waals surface area contributed by atoms with Crippen LogP contribution in [0.25, 0.3) is 0 Å². The largest absolute Gasteiger partial charge is 0.497 e. The molecule has 2 aromatic carbocycles. The molecule has 4 rings (SSSR count). The Balaban J connectivity index is 1.61. The number of hydrogen-bond donors (Lipinski definition) is 0. The third-order valence-electron chi connectivity index (χ3n) is 5.65. The fraction of sp³-hybridized carbons (Fsp3) is 0.333. The van der Waals surface area contributed by atoms with Crippen molar-refractivity contribution in [3.05, 3.63) is 63.2 Å². The molecule has 30 heavy (non-hydrogen) atoms. The van der Waals surface area contributed by atoms with E-state index in [9.17, 15) is 19.7 Å². The average Bonchev–Trinajstić information content (AvgIpc) is 3.31. The molecule has 0 radical (unpaired) electrons. The molecule has 0 aromatic heterocycles. The van der Waals surface area contributed by atoms with Crippen molar-refractivity contribution < 1.29 is 24.0 Å². The molecule has 0 bridgehead atoms. The molecular formula is C21H21N3O6. The molecule has 2 heterocycles. The summed E-state index contributed by atoms with van der Waals surface area (Å²) >= 11 is 0. The van der Waals surface area contributed by atoms with Crippen LogP contribution in [-0.4, -0.2) is 54.0 Å². The number of methoxy groups -OCH3 is 2. The quantitative estimate of drug-likeness (QED) is 0.409. The van der Waals surface area contributed by atoms with Gasteiger partial charge in [0.15, 0.2) is 0 Å². The summed E-state index contributed by atoms with van der Waals surface area (Å²) < 4.78 is 10.9.